The van der Waals surface area contributed by atoms with Crippen molar-refractivity contribution in [2.75, 3.05) is 19.6 Å². The van der Waals surface area contributed by atoms with E-state index >= 15 is 0 Å². The van der Waals surface area contributed by atoms with E-state index in [9.17, 15) is 0 Å². The zero-order chi connectivity index (χ0) is 9.64. The van der Waals surface area contributed by atoms with E-state index in [-0.39, 0.29) is 0 Å². The molecule has 0 bridgehead atoms. The SMILES string of the molecule is c1ccc(C2CCNCCCN2)cc1. The maximum atomic E-state index is 3.60. The van der Waals surface area contributed by atoms with Crippen molar-refractivity contribution in [3.8, 4) is 0 Å². The van der Waals surface area contributed by atoms with Crippen molar-refractivity contribution in [2.24, 2.45) is 0 Å². The molecule has 1 aliphatic heterocycles. The van der Waals surface area contributed by atoms with E-state index in [1.807, 2.05) is 0 Å². The summed E-state index contributed by atoms with van der Waals surface area (Å²) in [6.07, 6.45) is 2.41. The molecule has 0 aromatic heterocycles. The second-order valence-electron chi connectivity index (χ2n) is 3.81. The first-order chi connectivity index (χ1) is 6.97. The zero-order valence-electron chi connectivity index (χ0n) is 8.50. The summed E-state index contributed by atoms with van der Waals surface area (Å²) in [5.74, 6) is 0. The predicted molar refractivity (Wildman–Crippen MR) is 59.3 cm³/mol. The van der Waals surface area contributed by atoms with Crippen LogP contribution in [-0.2, 0) is 0 Å². The topological polar surface area (TPSA) is 24.1 Å². The van der Waals surface area contributed by atoms with Crippen LogP contribution in [0.4, 0.5) is 0 Å². The molecule has 1 atom stereocenters. The van der Waals surface area contributed by atoms with Crippen molar-refractivity contribution < 1.29 is 0 Å². The maximum absolute atomic E-state index is 3.60. The molecule has 1 heterocycles. The van der Waals surface area contributed by atoms with Crippen LogP contribution in [0.1, 0.15) is 24.4 Å². The minimum atomic E-state index is 0.531. The van der Waals surface area contributed by atoms with E-state index in [2.05, 4.69) is 41.0 Å². The second-order valence-corrected chi connectivity index (χ2v) is 3.81. The lowest BCUT2D eigenvalue weighted by atomic mass is 10.0. The van der Waals surface area contributed by atoms with Crippen molar-refractivity contribution in [1.29, 1.82) is 0 Å². The highest BCUT2D eigenvalue weighted by molar-refractivity contribution is 5.18. The summed E-state index contributed by atoms with van der Waals surface area (Å²) in [6, 6.07) is 11.2. The highest BCUT2D eigenvalue weighted by Crippen LogP contribution is 2.16. The quantitative estimate of drug-likeness (QED) is 0.704. The molecule has 1 aromatic carbocycles. The van der Waals surface area contributed by atoms with Gasteiger partial charge in [-0.05, 0) is 38.0 Å². The molecule has 2 nitrogen and oxygen atoms in total. The molecule has 1 saturated heterocycles. The molecule has 1 aliphatic rings. The van der Waals surface area contributed by atoms with Crippen LogP contribution in [0.5, 0.6) is 0 Å². The minimum Gasteiger partial charge on any atom is -0.317 e. The first-order valence-electron chi connectivity index (χ1n) is 5.46. The van der Waals surface area contributed by atoms with Gasteiger partial charge in [0.15, 0.2) is 0 Å². The second kappa shape index (κ2) is 5.13. The number of hydrogen-bond acceptors (Lipinski definition) is 2. The Hall–Kier alpha value is -0.860. The van der Waals surface area contributed by atoms with E-state index in [4.69, 9.17) is 0 Å². The van der Waals surface area contributed by atoms with E-state index in [0.717, 1.165) is 19.6 Å². The Morgan fingerprint density at radius 3 is 2.71 bits per heavy atom. The smallest absolute Gasteiger partial charge is 0.0332 e. The molecule has 0 spiro atoms. The number of nitrogens with one attached hydrogen (secondary N) is 2. The van der Waals surface area contributed by atoms with Crippen LogP contribution in [0.3, 0.4) is 0 Å². The van der Waals surface area contributed by atoms with Gasteiger partial charge in [0.05, 0.1) is 0 Å². The van der Waals surface area contributed by atoms with Crippen LogP contribution in [-0.4, -0.2) is 19.6 Å². The minimum absolute atomic E-state index is 0.531. The summed E-state index contributed by atoms with van der Waals surface area (Å²) in [4.78, 5) is 0. The third-order valence-electron chi connectivity index (χ3n) is 2.73. The summed E-state index contributed by atoms with van der Waals surface area (Å²) in [5.41, 5.74) is 1.41. The third-order valence-corrected chi connectivity index (χ3v) is 2.73. The molecule has 1 unspecified atom stereocenters. The normalized spacial score (nSPS) is 23.9. The fraction of sp³-hybridized carbons (Fsp3) is 0.500. The molecular formula is C12H18N2. The van der Waals surface area contributed by atoms with Crippen LogP contribution in [0.2, 0.25) is 0 Å². The van der Waals surface area contributed by atoms with Crippen molar-refractivity contribution in [3.63, 3.8) is 0 Å². The largest absolute Gasteiger partial charge is 0.317 e. The van der Waals surface area contributed by atoms with E-state index in [1.54, 1.807) is 0 Å². The van der Waals surface area contributed by atoms with Gasteiger partial charge in [0.1, 0.15) is 0 Å². The first kappa shape index (κ1) is 9.69. The van der Waals surface area contributed by atoms with Crippen LogP contribution in [0.25, 0.3) is 0 Å². The molecule has 0 amide bonds. The van der Waals surface area contributed by atoms with Gasteiger partial charge < -0.3 is 10.6 Å². The van der Waals surface area contributed by atoms with Crippen LogP contribution in [0.15, 0.2) is 30.3 Å². The van der Waals surface area contributed by atoms with Gasteiger partial charge in [-0.25, -0.2) is 0 Å². The van der Waals surface area contributed by atoms with Crippen molar-refractivity contribution in [3.05, 3.63) is 35.9 Å². The van der Waals surface area contributed by atoms with Crippen molar-refractivity contribution in [1.82, 2.24) is 10.6 Å². The monoisotopic (exact) mass is 190 g/mol. The van der Waals surface area contributed by atoms with Gasteiger partial charge in [-0.2, -0.15) is 0 Å². The molecule has 14 heavy (non-hydrogen) atoms. The Balaban J connectivity index is 2.01. The standard InChI is InChI=1S/C12H18N2/c1-2-5-11(6-3-1)12-7-10-13-8-4-9-14-12/h1-3,5-6,12-14H,4,7-10H2. The lowest BCUT2D eigenvalue weighted by Gasteiger charge is -2.22. The number of hydrogen-bond donors (Lipinski definition) is 2. The Labute approximate surface area is 85.7 Å². The Bertz CT molecular complexity index is 250. The molecule has 2 rings (SSSR count). The van der Waals surface area contributed by atoms with Gasteiger partial charge in [0.25, 0.3) is 0 Å². The van der Waals surface area contributed by atoms with Gasteiger partial charge in [-0.1, -0.05) is 30.3 Å². The van der Waals surface area contributed by atoms with Gasteiger partial charge in [-0.3, -0.25) is 0 Å². The van der Waals surface area contributed by atoms with Gasteiger partial charge in [-0.15, -0.1) is 0 Å². The summed E-state index contributed by atoms with van der Waals surface area (Å²) in [6.45, 7) is 3.38. The van der Waals surface area contributed by atoms with Gasteiger partial charge in [0, 0.05) is 6.04 Å². The van der Waals surface area contributed by atoms with E-state index in [1.165, 1.54) is 18.4 Å². The Morgan fingerprint density at radius 1 is 1.00 bits per heavy atom. The molecule has 76 valence electrons. The molecular weight excluding hydrogens is 172 g/mol. The molecule has 0 radical (unpaired) electrons. The summed E-state index contributed by atoms with van der Waals surface area (Å²) in [7, 11) is 0. The fourth-order valence-corrected chi connectivity index (χ4v) is 1.93. The molecule has 1 fully saturated rings. The number of benzene rings is 1. The average molecular weight is 190 g/mol. The highest BCUT2D eigenvalue weighted by atomic mass is 15.0. The fourth-order valence-electron chi connectivity index (χ4n) is 1.93. The Morgan fingerprint density at radius 2 is 1.86 bits per heavy atom. The van der Waals surface area contributed by atoms with E-state index in [0.29, 0.717) is 6.04 Å². The summed E-state index contributed by atoms with van der Waals surface area (Å²) < 4.78 is 0. The molecule has 0 aliphatic carbocycles. The lowest BCUT2D eigenvalue weighted by Crippen LogP contribution is -2.32. The highest BCUT2D eigenvalue weighted by Gasteiger charge is 2.11. The van der Waals surface area contributed by atoms with Crippen molar-refractivity contribution >= 4 is 0 Å². The molecule has 2 heteroatoms. The predicted octanol–water partition coefficient (Wildman–Crippen LogP) is 1.70. The van der Waals surface area contributed by atoms with Crippen LogP contribution in [0, 0.1) is 0 Å². The van der Waals surface area contributed by atoms with E-state index < -0.39 is 0 Å². The summed E-state index contributed by atoms with van der Waals surface area (Å²) in [5, 5.41) is 7.04. The third kappa shape index (κ3) is 2.56. The van der Waals surface area contributed by atoms with Crippen LogP contribution < -0.4 is 10.6 Å². The average Bonchev–Trinajstić information content (AvgIpc) is 2.18. The molecule has 0 saturated carbocycles. The lowest BCUT2D eigenvalue weighted by molar-refractivity contribution is 0.438. The first-order valence-corrected chi connectivity index (χ1v) is 5.46. The van der Waals surface area contributed by atoms with Gasteiger partial charge in [0.2, 0.25) is 0 Å². The summed E-state index contributed by atoms with van der Waals surface area (Å²) >= 11 is 0. The molecule has 2 N–H and O–H groups in total. The van der Waals surface area contributed by atoms with Gasteiger partial charge >= 0.3 is 0 Å². The molecule has 1 aromatic rings. The maximum Gasteiger partial charge on any atom is 0.0332 e. The van der Waals surface area contributed by atoms with Crippen LogP contribution >= 0.6 is 0 Å². The van der Waals surface area contributed by atoms with Crippen molar-refractivity contribution in [2.45, 2.75) is 18.9 Å². The Kier molecular flexibility index (Phi) is 3.55. The zero-order valence-corrected chi connectivity index (χ0v) is 8.50. The number of rotatable bonds is 1.